The number of amides is 1. The van der Waals surface area contributed by atoms with Gasteiger partial charge in [0.25, 0.3) is 5.91 Å². The predicted molar refractivity (Wildman–Crippen MR) is 63.5 cm³/mol. The van der Waals surface area contributed by atoms with E-state index in [1.807, 2.05) is 12.1 Å². The van der Waals surface area contributed by atoms with Crippen LogP contribution >= 0.6 is 0 Å². The molecule has 0 N–H and O–H groups in total. The average molecular weight is 223 g/mol. The first-order valence-electron chi connectivity index (χ1n) is 5.47. The molecule has 0 aliphatic rings. The van der Waals surface area contributed by atoms with Crippen LogP contribution in [0.3, 0.4) is 0 Å². The molecule has 1 aromatic rings. The molecule has 2 nitrogen and oxygen atoms in total. The molecular weight excluding hydrogens is 205 g/mol. The second kappa shape index (κ2) is 5.64. The molecule has 0 aliphatic heterocycles. The maximum absolute atomic E-state index is 12.1. The Bertz CT molecular complexity index is 345. The summed E-state index contributed by atoms with van der Waals surface area (Å²) in [5.74, 6) is 0.320. The Labute approximate surface area is 96.1 Å². The molecular formula is C13H18FNO. The third-order valence-electron chi connectivity index (χ3n) is 2.59. The van der Waals surface area contributed by atoms with Crippen molar-refractivity contribution in [3.63, 3.8) is 0 Å². The van der Waals surface area contributed by atoms with E-state index in [9.17, 15) is 9.18 Å². The van der Waals surface area contributed by atoms with Gasteiger partial charge in [0.2, 0.25) is 0 Å². The molecule has 0 fully saturated rings. The molecule has 88 valence electrons. The highest BCUT2D eigenvalue weighted by atomic mass is 19.1. The number of hydrogen-bond acceptors (Lipinski definition) is 1. The van der Waals surface area contributed by atoms with Crippen molar-refractivity contribution in [2.45, 2.75) is 19.8 Å². The van der Waals surface area contributed by atoms with Gasteiger partial charge in [-0.15, -0.1) is 0 Å². The molecule has 0 atom stereocenters. The van der Waals surface area contributed by atoms with Gasteiger partial charge < -0.3 is 4.90 Å². The lowest BCUT2D eigenvalue weighted by molar-refractivity contribution is 0.0786. The molecule has 0 heterocycles. The van der Waals surface area contributed by atoms with Gasteiger partial charge >= 0.3 is 0 Å². The van der Waals surface area contributed by atoms with E-state index in [1.165, 1.54) is 10.5 Å². The van der Waals surface area contributed by atoms with Gasteiger partial charge in [-0.1, -0.05) is 26.0 Å². The number of alkyl halides is 1. The second-order valence-corrected chi connectivity index (χ2v) is 4.19. The van der Waals surface area contributed by atoms with Gasteiger partial charge in [0.1, 0.15) is 6.67 Å². The van der Waals surface area contributed by atoms with Crippen molar-refractivity contribution >= 4 is 5.91 Å². The normalized spacial score (nSPS) is 10.6. The lowest BCUT2D eigenvalue weighted by Gasteiger charge is -2.15. The molecule has 1 aromatic carbocycles. The van der Waals surface area contributed by atoms with Crippen LogP contribution in [-0.4, -0.2) is 31.1 Å². The number of nitrogens with zero attached hydrogens (tertiary/aromatic N) is 1. The van der Waals surface area contributed by atoms with Gasteiger partial charge in [-0.2, -0.15) is 0 Å². The highest BCUT2D eigenvalue weighted by Gasteiger charge is 2.11. The van der Waals surface area contributed by atoms with Crippen molar-refractivity contribution in [3.8, 4) is 0 Å². The lowest BCUT2D eigenvalue weighted by Crippen LogP contribution is -2.28. The fourth-order valence-corrected chi connectivity index (χ4v) is 1.46. The zero-order chi connectivity index (χ0) is 12.1. The largest absolute Gasteiger partial charge is 0.339 e. The third-order valence-corrected chi connectivity index (χ3v) is 2.59. The van der Waals surface area contributed by atoms with Crippen LogP contribution in [0.1, 0.15) is 35.7 Å². The fourth-order valence-electron chi connectivity index (χ4n) is 1.46. The summed E-state index contributed by atoms with van der Waals surface area (Å²) in [6.07, 6.45) is 0. The Morgan fingerprint density at radius 2 is 1.88 bits per heavy atom. The highest BCUT2D eigenvalue weighted by Crippen LogP contribution is 2.15. The van der Waals surface area contributed by atoms with E-state index in [4.69, 9.17) is 0 Å². The topological polar surface area (TPSA) is 20.3 Å². The van der Waals surface area contributed by atoms with Crippen LogP contribution < -0.4 is 0 Å². The van der Waals surface area contributed by atoms with Crippen LogP contribution in [0.25, 0.3) is 0 Å². The van der Waals surface area contributed by atoms with Crippen LogP contribution in [0, 0.1) is 0 Å². The van der Waals surface area contributed by atoms with Crippen LogP contribution in [0.15, 0.2) is 24.3 Å². The van der Waals surface area contributed by atoms with E-state index in [0.29, 0.717) is 11.5 Å². The van der Waals surface area contributed by atoms with Crippen LogP contribution in [0.5, 0.6) is 0 Å². The minimum absolute atomic E-state index is 0.132. The Morgan fingerprint density at radius 3 is 2.31 bits per heavy atom. The Kier molecular flexibility index (Phi) is 4.47. The van der Waals surface area contributed by atoms with Crippen molar-refractivity contribution in [2.75, 3.05) is 20.3 Å². The monoisotopic (exact) mass is 223 g/mol. The van der Waals surface area contributed by atoms with Crippen LogP contribution in [0.4, 0.5) is 4.39 Å². The summed E-state index contributed by atoms with van der Waals surface area (Å²) in [5.41, 5.74) is 1.81. The Hall–Kier alpha value is -1.38. The number of carbonyl (C=O) groups excluding carboxylic acids is 1. The second-order valence-electron chi connectivity index (χ2n) is 4.19. The predicted octanol–water partition coefficient (Wildman–Crippen LogP) is 2.85. The molecule has 0 spiro atoms. The molecule has 0 saturated heterocycles. The quantitative estimate of drug-likeness (QED) is 0.768. The number of benzene rings is 1. The highest BCUT2D eigenvalue weighted by molar-refractivity contribution is 5.94. The van der Waals surface area contributed by atoms with E-state index in [1.54, 1.807) is 19.2 Å². The van der Waals surface area contributed by atoms with E-state index in [0.717, 1.165) is 0 Å². The number of rotatable bonds is 4. The molecule has 0 bridgehead atoms. The zero-order valence-electron chi connectivity index (χ0n) is 10.0. The molecule has 0 aromatic heterocycles. The first-order valence-corrected chi connectivity index (χ1v) is 5.47. The number of halogens is 1. The van der Waals surface area contributed by atoms with Crippen LogP contribution in [0.2, 0.25) is 0 Å². The molecule has 0 saturated carbocycles. The van der Waals surface area contributed by atoms with Crippen molar-refractivity contribution in [1.29, 1.82) is 0 Å². The maximum Gasteiger partial charge on any atom is 0.253 e. The van der Waals surface area contributed by atoms with Gasteiger partial charge in [-0.05, 0) is 23.6 Å². The van der Waals surface area contributed by atoms with Crippen LogP contribution in [-0.2, 0) is 0 Å². The minimum Gasteiger partial charge on any atom is -0.339 e. The smallest absolute Gasteiger partial charge is 0.253 e. The van der Waals surface area contributed by atoms with Crippen molar-refractivity contribution in [3.05, 3.63) is 35.4 Å². The lowest BCUT2D eigenvalue weighted by atomic mass is 10.0. The summed E-state index contributed by atoms with van der Waals surface area (Å²) in [7, 11) is 1.61. The van der Waals surface area contributed by atoms with Gasteiger partial charge in [-0.25, -0.2) is 4.39 Å². The summed E-state index contributed by atoms with van der Waals surface area (Å²) in [6.45, 7) is 3.84. The molecule has 1 amide bonds. The first kappa shape index (κ1) is 12.7. The average Bonchev–Trinajstić information content (AvgIpc) is 2.28. The standard InChI is InChI=1S/C13H18FNO/c1-10(2)11-4-6-12(7-5-11)13(16)15(3)9-8-14/h4-7,10H,8-9H2,1-3H3. The molecule has 0 aliphatic carbocycles. The molecule has 0 unspecified atom stereocenters. The van der Waals surface area contributed by atoms with E-state index in [-0.39, 0.29) is 12.5 Å². The number of hydrogen-bond donors (Lipinski definition) is 0. The fraction of sp³-hybridized carbons (Fsp3) is 0.462. The first-order chi connectivity index (χ1) is 7.56. The molecule has 3 heteroatoms. The Morgan fingerprint density at radius 1 is 1.31 bits per heavy atom. The molecule has 1 rings (SSSR count). The summed E-state index contributed by atoms with van der Waals surface area (Å²) >= 11 is 0. The molecule has 0 radical (unpaired) electrons. The number of carbonyl (C=O) groups is 1. The summed E-state index contributed by atoms with van der Waals surface area (Å²) < 4.78 is 12.1. The van der Waals surface area contributed by atoms with Gasteiger partial charge in [0, 0.05) is 19.2 Å². The maximum atomic E-state index is 12.1. The molecule has 16 heavy (non-hydrogen) atoms. The summed E-state index contributed by atoms with van der Waals surface area (Å²) in [4.78, 5) is 13.2. The summed E-state index contributed by atoms with van der Waals surface area (Å²) in [5, 5.41) is 0. The van der Waals surface area contributed by atoms with Crippen molar-refractivity contribution in [1.82, 2.24) is 4.90 Å². The van der Waals surface area contributed by atoms with E-state index < -0.39 is 6.67 Å². The van der Waals surface area contributed by atoms with E-state index in [2.05, 4.69) is 13.8 Å². The minimum atomic E-state index is -0.508. The van der Waals surface area contributed by atoms with Gasteiger partial charge in [0.15, 0.2) is 0 Å². The van der Waals surface area contributed by atoms with Gasteiger partial charge in [-0.3, -0.25) is 4.79 Å². The van der Waals surface area contributed by atoms with Gasteiger partial charge in [0.05, 0.1) is 0 Å². The zero-order valence-corrected chi connectivity index (χ0v) is 10.0. The van der Waals surface area contributed by atoms with Crippen molar-refractivity contribution in [2.24, 2.45) is 0 Å². The Balaban J connectivity index is 2.77. The van der Waals surface area contributed by atoms with E-state index >= 15 is 0 Å². The SMILES string of the molecule is CC(C)c1ccc(C(=O)N(C)CCF)cc1. The third kappa shape index (κ3) is 3.05. The van der Waals surface area contributed by atoms with Crippen molar-refractivity contribution < 1.29 is 9.18 Å². The summed E-state index contributed by atoms with van der Waals surface area (Å²) in [6, 6.07) is 7.49.